The second-order valence-corrected chi connectivity index (χ2v) is 12.9. The molecule has 0 bridgehead atoms. The lowest BCUT2D eigenvalue weighted by molar-refractivity contribution is 0.440. The van der Waals surface area contributed by atoms with E-state index < -0.39 is 0 Å². The Morgan fingerprint density at radius 1 is 0.333 bits per heavy atom. The molecule has 9 aromatic rings. The maximum absolute atomic E-state index is 6.64. The Balaban J connectivity index is 1.03. The third kappa shape index (κ3) is 4.98. The van der Waals surface area contributed by atoms with E-state index in [0.29, 0.717) is 11.5 Å². The highest BCUT2D eigenvalue weighted by Gasteiger charge is 2.22. The summed E-state index contributed by atoms with van der Waals surface area (Å²) in [5.41, 5.74) is 7.67. The van der Waals surface area contributed by atoms with Crippen LogP contribution in [-0.4, -0.2) is 0 Å². The van der Waals surface area contributed by atoms with Crippen molar-refractivity contribution in [3.8, 4) is 45.3 Å². The highest BCUT2D eigenvalue weighted by atomic mass is 16.5. The van der Waals surface area contributed by atoms with E-state index in [1.807, 2.05) is 36.4 Å². The smallest absolute Gasteiger partial charge is 0.177 e. The summed E-state index contributed by atoms with van der Waals surface area (Å²) in [4.78, 5) is 2.30. The van der Waals surface area contributed by atoms with E-state index in [1.165, 1.54) is 32.7 Å². The minimum absolute atomic E-state index is 0.700. The van der Waals surface area contributed by atoms with Gasteiger partial charge in [-0.2, -0.15) is 0 Å². The molecule has 0 spiro atoms. The molecule has 0 fully saturated rings. The zero-order valence-corrected chi connectivity index (χ0v) is 27.7. The molecule has 10 rings (SSSR count). The zero-order valence-electron chi connectivity index (χ0n) is 27.7. The van der Waals surface area contributed by atoms with Gasteiger partial charge in [-0.1, -0.05) is 127 Å². The third-order valence-electron chi connectivity index (χ3n) is 9.89. The summed E-state index contributed by atoms with van der Waals surface area (Å²) in [5, 5.41) is 7.12. The normalized spacial score (nSPS) is 11.8. The summed E-state index contributed by atoms with van der Waals surface area (Å²) in [6, 6.07) is 66.1. The molecule has 240 valence electrons. The average molecular weight is 654 g/mol. The lowest BCUT2D eigenvalue weighted by Gasteiger charge is -2.26. The molecule has 0 saturated carbocycles. The number of para-hydroxylation sites is 2. The molecule has 0 saturated heterocycles. The van der Waals surface area contributed by atoms with Crippen molar-refractivity contribution in [2.45, 2.75) is 0 Å². The zero-order chi connectivity index (χ0) is 33.7. The monoisotopic (exact) mass is 653 g/mol. The summed E-state index contributed by atoms with van der Waals surface area (Å²) < 4.78 is 13.1. The molecular formula is C48H31NO2. The van der Waals surface area contributed by atoms with Crippen molar-refractivity contribution in [2.24, 2.45) is 0 Å². The fraction of sp³-hybridized carbons (Fsp3) is 0. The molecule has 0 N–H and O–H groups in total. The Labute approximate surface area is 296 Å². The number of fused-ring (bicyclic) bond motifs is 4. The molecule has 0 aliphatic carbocycles. The van der Waals surface area contributed by atoms with Gasteiger partial charge in [-0.15, -0.1) is 0 Å². The molecule has 1 heterocycles. The number of benzene rings is 9. The quantitative estimate of drug-likeness (QED) is 0.173. The van der Waals surface area contributed by atoms with Crippen molar-refractivity contribution in [1.82, 2.24) is 0 Å². The molecule has 51 heavy (non-hydrogen) atoms. The molecule has 3 nitrogen and oxygen atoms in total. The van der Waals surface area contributed by atoms with E-state index in [9.17, 15) is 0 Å². The van der Waals surface area contributed by atoms with Gasteiger partial charge in [0.05, 0.1) is 5.39 Å². The highest BCUT2D eigenvalue weighted by molar-refractivity contribution is 6.13. The number of hydrogen-bond donors (Lipinski definition) is 0. The minimum atomic E-state index is 0.700. The van der Waals surface area contributed by atoms with Crippen molar-refractivity contribution in [3.63, 3.8) is 0 Å². The summed E-state index contributed by atoms with van der Waals surface area (Å²) in [6.07, 6.45) is 0. The van der Waals surface area contributed by atoms with E-state index >= 15 is 0 Å². The van der Waals surface area contributed by atoms with Crippen LogP contribution in [0.3, 0.4) is 0 Å². The predicted octanol–water partition coefficient (Wildman–Crippen LogP) is 13.8. The molecule has 1 aliphatic rings. The van der Waals surface area contributed by atoms with Gasteiger partial charge in [-0.05, 0) is 104 Å². The van der Waals surface area contributed by atoms with Crippen LogP contribution in [0.4, 0.5) is 17.1 Å². The Morgan fingerprint density at radius 3 is 1.59 bits per heavy atom. The van der Waals surface area contributed by atoms with Gasteiger partial charge in [0, 0.05) is 22.6 Å². The van der Waals surface area contributed by atoms with Crippen molar-refractivity contribution in [2.75, 3.05) is 4.90 Å². The first-order chi connectivity index (χ1) is 25.3. The van der Waals surface area contributed by atoms with Gasteiger partial charge < -0.3 is 14.4 Å². The second-order valence-electron chi connectivity index (χ2n) is 12.9. The number of hydrogen-bond acceptors (Lipinski definition) is 3. The Kier molecular flexibility index (Phi) is 6.81. The fourth-order valence-corrected chi connectivity index (χ4v) is 7.50. The topological polar surface area (TPSA) is 21.7 Å². The van der Waals surface area contributed by atoms with Gasteiger partial charge in [-0.3, -0.25) is 0 Å². The third-order valence-corrected chi connectivity index (χ3v) is 9.89. The number of anilines is 3. The Hall–Kier alpha value is -6.84. The van der Waals surface area contributed by atoms with Gasteiger partial charge in [0.15, 0.2) is 11.5 Å². The summed E-state index contributed by atoms with van der Waals surface area (Å²) in [5.74, 6) is 3.00. The summed E-state index contributed by atoms with van der Waals surface area (Å²) in [7, 11) is 0. The minimum Gasteiger partial charge on any atom is -0.453 e. The second kappa shape index (κ2) is 11.9. The van der Waals surface area contributed by atoms with E-state index in [-0.39, 0.29) is 0 Å². The number of nitrogens with zero attached hydrogens (tertiary/aromatic N) is 1. The van der Waals surface area contributed by atoms with Gasteiger partial charge in [0.2, 0.25) is 0 Å². The van der Waals surface area contributed by atoms with Crippen LogP contribution in [0.5, 0.6) is 23.0 Å². The maximum Gasteiger partial charge on any atom is 0.177 e. The van der Waals surface area contributed by atoms with Crippen molar-refractivity contribution < 1.29 is 9.47 Å². The molecule has 0 radical (unpaired) electrons. The maximum atomic E-state index is 6.64. The number of ether oxygens (including phenoxy) is 2. The SMILES string of the molecule is c1ccc(N(c2ccc(-c3cccc4c3Oc3cccc5cccc(c35)O4)cc2)c2ccc(-c3cc4ccccc4c4ccccc34)cc2)cc1. The van der Waals surface area contributed by atoms with Crippen molar-refractivity contribution in [1.29, 1.82) is 0 Å². The number of rotatable bonds is 5. The van der Waals surface area contributed by atoms with Crippen LogP contribution in [0.25, 0.3) is 54.6 Å². The van der Waals surface area contributed by atoms with Crippen molar-refractivity contribution >= 4 is 49.4 Å². The first-order valence-corrected chi connectivity index (χ1v) is 17.3. The first kappa shape index (κ1) is 29.1. The molecule has 0 unspecified atom stereocenters. The van der Waals surface area contributed by atoms with Crippen LogP contribution in [0.1, 0.15) is 0 Å². The van der Waals surface area contributed by atoms with E-state index in [1.54, 1.807) is 0 Å². The van der Waals surface area contributed by atoms with Crippen LogP contribution in [0.2, 0.25) is 0 Å². The van der Waals surface area contributed by atoms with Gasteiger partial charge in [0.25, 0.3) is 0 Å². The van der Waals surface area contributed by atoms with Crippen molar-refractivity contribution in [3.05, 3.63) is 188 Å². The molecule has 0 atom stereocenters. The first-order valence-electron chi connectivity index (χ1n) is 17.3. The largest absolute Gasteiger partial charge is 0.453 e. The molecule has 0 aromatic heterocycles. The van der Waals surface area contributed by atoms with Crippen LogP contribution < -0.4 is 14.4 Å². The standard InChI is InChI=1S/C48H31NO2/c1-2-14-36(15-3-1)49(38-29-25-33(26-30-38)43-31-35-11-4-5-16-39(35)41-17-6-7-18-42(41)43)37-27-23-32(24-28-37)40-19-10-22-46-48(40)51-45-21-9-13-34-12-8-20-44(50-46)47(34)45/h1-31H. The van der Waals surface area contributed by atoms with E-state index in [4.69, 9.17) is 9.47 Å². The van der Waals surface area contributed by atoms with Gasteiger partial charge >= 0.3 is 0 Å². The molecule has 3 heteroatoms. The highest BCUT2D eigenvalue weighted by Crippen LogP contribution is 2.49. The van der Waals surface area contributed by atoms with Crippen LogP contribution in [-0.2, 0) is 0 Å². The van der Waals surface area contributed by atoms with Crippen LogP contribution >= 0.6 is 0 Å². The van der Waals surface area contributed by atoms with E-state index in [0.717, 1.165) is 50.5 Å². The van der Waals surface area contributed by atoms with Crippen LogP contribution in [0, 0.1) is 0 Å². The fourth-order valence-electron chi connectivity index (χ4n) is 7.50. The van der Waals surface area contributed by atoms with Gasteiger partial charge in [0.1, 0.15) is 11.5 Å². The summed E-state index contributed by atoms with van der Waals surface area (Å²) in [6.45, 7) is 0. The predicted molar refractivity (Wildman–Crippen MR) is 211 cm³/mol. The average Bonchev–Trinajstić information content (AvgIpc) is 3.36. The van der Waals surface area contributed by atoms with Gasteiger partial charge in [-0.25, -0.2) is 0 Å². The van der Waals surface area contributed by atoms with Crippen LogP contribution in [0.15, 0.2) is 188 Å². The molecule has 0 amide bonds. The van der Waals surface area contributed by atoms with E-state index in [2.05, 4.69) is 157 Å². The summed E-state index contributed by atoms with van der Waals surface area (Å²) >= 11 is 0. The molecular weight excluding hydrogens is 623 g/mol. The molecule has 9 aromatic carbocycles. The Morgan fingerprint density at radius 2 is 0.863 bits per heavy atom. The lowest BCUT2D eigenvalue weighted by Crippen LogP contribution is -2.09. The molecule has 1 aliphatic heterocycles. The lowest BCUT2D eigenvalue weighted by atomic mass is 9.93. The Bertz CT molecular complexity index is 2730.